The van der Waals surface area contributed by atoms with Gasteiger partial charge in [0.25, 0.3) is 0 Å². The third-order valence-corrected chi connectivity index (χ3v) is 7.31. The summed E-state index contributed by atoms with van der Waals surface area (Å²) < 4.78 is 1.38. The van der Waals surface area contributed by atoms with Crippen LogP contribution in [0, 0.1) is 0 Å². The van der Waals surface area contributed by atoms with Crippen LogP contribution in [0.3, 0.4) is 0 Å². The molecular formula is C28H60N+. The quantitative estimate of drug-likeness (QED) is 0.110. The van der Waals surface area contributed by atoms with Crippen molar-refractivity contribution in [3.63, 3.8) is 0 Å². The lowest BCUT2D eigenvalue weighted by Crippen LogP contribution is -2.49. The van der Waals surface area contributed by atoms with E-state index >= 15 is 0 Å². The smallest absolute Gasteiger partial charge is 0.0786 e. The first-order valence-corrected chi connectivity index (χ1v) is 14.1. The Balaban J connectivity index is 3.64. The van der Waals surface area contributed by atoms with Crippen molar-refractivity contribution in [1.82, 2.24) is 0 Å². The van der Waals surface area contributed by atoms with E-state index in [-0.39, 0.29) is 0 Å². The summed E-state index contributed by atoms with van der Waals surface area (Å²) in [7, 11) is 0. The van der Waals surface area contributed by atoms with Crippen LogP contribution in [0.2, 0.25) is 0 Å². The minimum absolute atomic E-state index is 1.34. The molecule has 0 rings (SSSR count). The molecule has 0 saturated heterocycles. The van der Waals surface area contributed by atoms with Gasteiger partial charge < -0.3 is 4.48 Å². The van der Waals surface area contributed by atoms with E-state index in [9.17, 15) is 0 Å². The van der Waals surface area contributed by atoms with Crippen molar-refractivity contribution in [3.05, 3.63) is 0 Å². The second kappa shape index (κ2) is 22.6. The third-order valence-electron chi connectivity index (χ3n) is 7.31. The fourth-order valence-electron chi connectivity index (χ4n) is 4.84. The standard InChI is InChI=1S/C28H60N/c1-5-9-11-13-15-17-19-21-23-25-27-29(7-3,8-4)28-26-24-22-20-18-16-14-12-10-6-2/h5-28H2,1-4H3/q+1. The number of quaternary nitrogens is 1. The van der Waals surface area contributed by atoms with Gasteiger partial charge in [0.2, 0.25) is 0 Å². The highest BCUT2D eigenvalue weighted by Gasteiger charge is 2.21. The monoisotopic (exact) mass is 410 g/mol. The average molecular weight is 411 g/mol. The second-order valence-electron chi connectivity index (χ2n) is 9.79. The zero-order chi connectivity index (χ0) is 21.5. The fraction of sp³-hybridized carbons (Fsp3) is 1.00. The van der Waals surface area contributed by atoms with E-state index in [0.717, 1.165) is 0 Å². The summed E-state index contributed by atoms with van der Waals surface area (Å²) in [5, 5.41) is 0. The Morgan fingerprint density at radius 2 is 0.552 bits per heavy atom. The summed E-state index contributed by atoms with van der Waals surface area (Å²) in [5.41, 5.74) is 0. The maximum atomic E-state index is 2.43. The molecule has 0 aromatic heterocycles. The Bertz CT molecular complexity index is 269. The minimum Gasteiger partial charge on any atom is -0.324 e. The molecule has 1 heteroatoms. The van der Waals surface area contributed by atoms with E-state index in [4.69, 9.17) is 0 Å². The summed E-state index contributed by atoms with van der Waals surface area (Å²) >= 11 is 0. The molecule has 0 bridgehead atoms. The molecule has 0 aliphatic heterocycles. The molecule has 0 unspecified atom stereocenters. The summed E-state index contributed by atoms with van der Waals surface area (Å²) in [6.45, 7) is 15.0. The van der Waals surface area contributed by atoms with Gasteiger partial charge in [-0.15, -0.1) is 0 Å². The molecule has 0 aliphatic rings. The van der Waals surface area contributed by atoms with Gasteiger partial charge in [-0.25, -0.2) is 0 Å². The van der Waals surface area contributed by atoms with E-state index in [1.165, 1.54) is 159 Å². The molecule has 0 aromatic rings. The lowest BCUT2D eigenvalue weighted by Gasteiger charge is -2.37. The summed E-state index contributed by atoms with van der Waals surface area (Å²) in [6.07, 6.45) is 29.1. The Morgan fingerprint density at radius 3 is 0.793 bits per heavy atom. The maximum Gasteiger partial charge on any atom is 0.0786 e. The highest BCUT2D eigenvalue weighted by Crippen LogP contribution is 2.16. The van der Waals surface area contributed by atoms with Gasteiger partial charge in [0.15, 0.2) is 0 Å². The van der Waals surface area contributed by atoms with Gasteiger partial charge in [-0.1, -0.05) is 117 Å². The van der Waals surface area contributed by atoms with Crippen molar-refractivity contribution in [2.75, 3.05) is 26.2 Å². The molecule has 0 heterocycles. The van der Waals surface area contributed by atoms with Crippen molar-refractivity contribution in [1.29, 1.82) is 0 Å². The first kappa shape index (κ1) is 29.0. The van der Waals surface area contributed by atoms with E-state index in [1.54, 1.807) is 0 Å². The zero-order valence-corrected chi connectivity index (χ0v) is 21.4. The predicted molar refractivity (Wildman–Crippen MR) is 135 cm³/mol. The van der Waals surface area contributed by atoms with Crippen LogP contribution in [0.25, 0.3) is 0 Å². The van der Waals surface area contributed by atoms with Crippen molar-refractivity contribution in [2.45, 2.75) is 156 Å². The van der Waals surface area contributed by atoms with Crippen LogP contribution in [0.15, 0.2) is 0 Å². The van der Waals surface area contributed by atoms with Gasteiger partial charge in [0.05, 0.1) is 26.2 Å². The molecular weight excluding hydrogens is 350 g/mol. The molecule has 0 radical (unpaired) electrons. The average Bonchev–Trinajstić information content (AvgIpc) is 2.75. The lowest BCUT2D eigenvalue weighted by atomic mass is 10.1. The van der Waals surface area contributed by atoms with Crippen LogP contribution in [0.1, 0.15) is 156 Å². The molecule has 0 amide bonds. The Labute approximate surface area is 187 Å². The lowest BCUT2D eigenvalue weighted by molar-refractivity contribution is -0.925. The minimum atomic E-state index is 1.34. The molecule has 0 atom stereocenters. The molecule has 176 valence electrons. The zero-order valence-electron chi connectivity index (χ0n) is 21.4. The van der Waals surface area contributed by atoms with E-state index < -0.39 is 0 Å². The number of hydrogen-bond acceptors (Lipinski definition) is 0. The van der Waals surface area contributed by atoms with Gasteiger partial charge in [-0.05, 0) is 39.5 Å². The Morgan fingerprint density at radius 1 is 0.310 bits per heavy atom. The van der Waals surface area contributed by atoms with Crippen LogP contribution in [0.5, 0.6) is 0 Å². The van der Waals surface area contributed by atoms with E-state index in [2.05, 4.69) is 27.7 Å². The molecule has 0 spiro atoms. The normalized spacial score (nSPS) is 12.0. The van der Waals surface area contributed by atoms with Crippen molar-refractivity contribution in [3.8, 4) is 0 Å². The summed E-state index contributed by atoms with van der Waals surface area (Å²) in [4.78, 5) is 0. The largest absolute Gasteiger partial charge is 0.324 e. The fourth-order valence-corrected chi connectivity index (χ4v) is 4.84. The highest BCUT2D eigenvalue weighted by molar-refractivity contribution is 4.51. The van der Waals surface area contributed by atoms with Gasteiger partial charge in [-0.2, -0.15) is 0 Å². The van der Waals surface area contributed by atoms with E-state index in [0.29, 0.717) is 0 Å². The van der Waals surface area contributed by atoms with Crippen LogP contribution < -0.4 is 0 Å². The SMILES string of the molecule is CCCCCCCCCCCC[N+](CC)(CC)CCCCCCCCCCCC. The maximum absolute atomic E-state index is 2.43. The van der Waals surface area contributed by atoms with Crippen LogP contribution >= 0.6 is 0 Å². The molecule has 1 nitrogen and oxygen atoms in total. The number of rotatable bonds is 24. The number of nitrogens with zero attached hydrogens (tertiary/aromatic N) is 1. The van der Waals surface area contributed by atoms with Gasteiger partial charge >= 0.3 is 0 Å². The molecule has 0 fully saturated rings. The third kappa shape index (κ3) is 18.4. The van der Waals surface area contributed by atoms with Crippen molar-refractivity contribution >= 4 is 0 Å². The van der Waals surface area contributed by atoms with Crippen LogP contribution in [-0.2, 0) is 0 Å². The summed E-state index contributed by atoms with van der Waals surface area (Å²) in [5.74, 6) is 0. The Hall–Kier alpha value is -0.0400. The van der Waals surface area contributed by atoms with Gasteiger partial charge in [-0.3, -0.25) is 0 Å². The number of unbranched alkanes of at least 4 members (excludes halogenated alkanes) is 18. The number of hydrogen-bond donors (Lipinski definition) is 0. The molecule has 0 saturated carbocycles. The molecule has 0 aliphatic carbocycles. The van der Waals surface area contributed by atoms with Gasteiger partial charge in [0.1, 0.15) is 0 Å². The van der Waals surface area contributed by atoms with Gasteiger partial charge in [0, 0.05) is 0 Å². The first-order valence-electron chi connectivity index (χ1n) is 14.1. The first-order chi connectivity index (χ1) is 14.2. The topological polar surface area (TPSA) is 0 Å². The molecule has 0 N–H and O–H groups in total. The van der Waals surface area contributed by atoms with E-state index in [1.807, 2.05) is 0 Å². The predicted octanol–water partition coefficient (Wildman–Crippen LogP) is 9.68. The van der Waals surface area contributed by atoms with Crippen LogP contribution in [-0.4, -0.2) is 30.7 Å². The molecule has 29 heavy (non-hydrogen) atoms. The summed E-state index contributed by atoms with van der Waals surface area (Å²) in [6, 6.07) is 0. The Kier molecular flexibility index (Phi) is 22.6. The van der Waals surface area contributed by atoms with Crippen molar-refractivity contribution < 1.29 is 4.48 Å². The second-order valence-corrected chi connectivity index (χ2v) is 9.79. The van der Waals surface area contributed by atoms with Crippen molar-refractivity contribution in [2.24, 2.45) is 0 Å². The van der Waals surface area contributed by atoms with Crippen LogP contribution in [0.4, 0.5) is 0 Å². The highest BCUT2D eigenvalue weighted by atomic mass is 15.3. The molecule has 0 aromatic carbocycles.